The summed E-state index contributed by atoms with van der Waals surface area (Å²) in [5, 5.41) is 4.73. The van der Waals surface area contributed by atoms with Crippen LogP contribution in [0.25, 0.3) is 0 Å². The summed E-state index contributed by atoms with van der Waals surface area (Å²) in [7, 11) is 1.87. The smallest absolute Gasteiger partial charge is 0.253 e. The summed E-state index contributed by atoms with van der Waals surface area (Å²) in [6.45, 7) is 5.54. The molecule has 0 aliphatic carbocycles. The van der Waals surface area contributed by atoms with Crippen LogP contribution in [0, 0.1) is 0 Å². The molecule has 0 saturated carbocycles. The van der Waals surface area contributed by atoms with E-state index >= 15 is 0 Å². The number of nitrogens with one attached hydrogen (secondary N) is 1. The Hall–Kier alpha value is -1.63. The van der Waals surface area contributed by atoms with E-state index < -0.39 is 0 Å². The van der Waals surface area contributed by atoms with Crippen LogP contribution in [0.3, 0.4) is 0 Å². The fourth-order valence-corrected chi connectivity index (χ4v) is 4.76. The minimum absolute atomic E-state index is 0.0324. The lowest BCUT2D eigenvalue weighted by Crippen LogP contribution is -2.43. The number of carbonyl (C=O) groups is 1. The van der Waals surface area contributed by atoms with Crippen molar-refractivity contribution in [3.63, 3.8) is 0 Å². The largest absolute Gasteiger partial charge is 0.341 e. The van der Waals surface area contributed by atoms with Crippen molar-refractivity contribution in [1.29, 1.82) is 0 Å². The maximum Gasteiger partial charge on any atom is 0.253 e. The van der Waals surface area contributed by atoms with Gasteiger partial charge >= 0.3 is 0 Å². The highest BCUT2D eigenvalue weighted by atomic mass is 35.5. The highest BCUT2D eigenvalue weighted by Gasteiger charge is 2.23. The quantitative estimate of drug-likeness (QED) is 0.450. The summed E-state index contributed by atoms with van der Waals surface area (Å²) in [4.78, 5) is 17.3. The SMILES string of the molecule is CN(C[C@@H](CCN1CCC(NCCCN)CC1)c1ccc(Cl)c(Cl)c1)C(=O)c1ccccc1. The normalized spacial score (nSPS) is 16.0. The standard InChI is InChI=1S/C26H36Cl2N4O/c1-31(26(33)20-6-3-2-4-7-20)19-22(21-8-9-24(27)25(28)18-21)10-15-32-16-11-23(12-17-32)30-14-5-13-29/h2-4,6-9,18,22-23,30H,5,10-17,19,29H2,1H3/t22-/m1/s1. The van der Waals surface area contributed by atoms with Gasteiger partial charge in [0.15, 0.2) is 0 Å². The summed E-state index contributed by atoms with van der Waals surface area (Å²) in [5.41, 5.74) is 7.42. The molecule has 1 atom stereocenters. The number of benzene rings is 2. The van der Waals surface area contributed by atoms with E-state index in [1.54, 1.807) is 0 Å². The molecule has 5 nitrogen and oxygen atoms in total. The van der Waals surface area contributed by atoms with Crippen LogP contribution in [-0.4, -0.2) is 68.1 Å². The highest BCUT2D eigenvalue weighted by molar-refractivity contribution is 6.42. The van der Waals surface area contributed by atoms with Crippen molar-refractivity contribution >= 4 is 29.1 Å². The van der Waals surface area contributed by atoms with Crippen molar-refractivity contribution in [3.05, 3.63) is 69.7 Å². The molecular formula is C26H36Cl2N4O. The molecule has 2 aromatic rings. The summed E-state index contributed by atoms with van der Waals surface area (Å²) in [5.74, 6) is 0.211. The molecule has 2 aromatic carbocycles. The molecule has 3 N–H and O–H groups in total. The fraction of sp³-hybridized carbons (Fsp3) is 0.500. The van der Waals surface area contributed by atoms with Gasteiger partial charge in [-0.3, -0.25) is 4.79 Å². The van der Waals surface area contributed by atoms with Crippen molar-refractivity contribution in [2.75, 3.05) is 46.3 Å². The van der Waals surface area contributed by atoms with Gasteiger partial charge in [0, 0.05) is 31.1 Å². The Morgan fingerprint density at radius 2 is 1.88 bits per heavy atom. The number of likely N-dealkylation sites (N-methyl/N-ethyl adjacent to an activating group) is 1. The Kier molecular flexibility index (Phi) is 10.5. The predicted molar refractivity (Wildman–Crippen MR) is 138 cm³/mol. The number of piperidine rings is 1. The first kappa shape index (κ1) is 26.0. The van der Waals surface area contributed by atoms with E-state index in [0.29, 0.717) is 28.2 Å². The molecule has 1 fully saturated rings. The lowest BCUT2D eigenvalue weighted by Gasteiger charge is -2.34. The zero-order valence-corrected chi connectivity index (χ0v) is 21.0. The van der Waals surface area contributed by atoms with Crippen LogP contribution >= 0.6 is 23.2 Å². The van der Waals surface area contributed by atoms with E-state index in [1.807, 2.05) is 60.5 Å². The van der Waals surface area contributed by atoms with Gasteiger partial charge in [-0.1, -0.05) is 47.5 Å². The lowest BCUT2D eigenvalue weighted by atomic mass is 9.94. The first-order chi connectivity index (χ1) is 16.0. The van der Waals surface area contributed by atoms with Crippen molar-refractivity contribution in [1.82, 2.24) is 15.1 Å². The van der Waals surface area contributed by atoms with Gasteiger partial charge in [0.1, 0.15) is 0 Å². The molecule has 1 aliphatic rings. The second-order valence-electron chi connectivity index (χ2n) is 8.92. The number of carbonyl (C=O) groups excluding carboxylic acids is 1. The van der Waals surface area contributed by atoms with Gasteiger partial charge in [0.25, 0.3) is 5.91 Å². The predicted octanol–water partition coefficient (Wildman–Crippen LogP) is 4.64. The first-order valence-electron chi connectivity index (χ1n) is 11.9. The highest BCUT2D eigenvalue weighted by Crippen LogP contribution is 2.29. The first-order valence-corrected chi connectivity index (χ1v) is 12.6. The average Bonchev–Trinajstić information content (AvgIpc) is 2.84. The van der Waals surface area contributed by atoms with Crippen LogP contribution in [0.2, 0.25) is 10.0 Å². The van der Waals surface area contributed by atoms with Crippen LogP contribution in [0.15, 0.2) is 48.5 Å². The maximum absolute atomic E-state index is 12.9. The third-order valence-electron chi connectivity index (χ3n) is 6.47. The Balaban J connectivity index is 1.61. The summed E-state index contributed by atoms with van der Waals surface area (Å²) in [6.07, 6.45) is 4.30. The van der Waals surface area contributed by atoms with Gasteiger partial charge in [-0.2, -0.15) is 0 Å². The van der Waals surface area contributed by atoms with E-state index in [-0.39, 0.29) is 11.8 Å². The maximum atomic E-state index is 12.9. The third-order valence-corrected chi connectivity index (χ3v) is 7.21. The zero-order valence-electron chi connectivity index (χ0n) is 19.5. The van der Waals surface area contributed by atoms with Crippen LogP contribution < -0.4 is 11.1 Å². The summed E-state index contributed by atoms with van der Waals surface area (Å²) < 4.78 is 0. The van der Waals surface area contributed by atoms with Gasteiger partial charge < -0.3 is 20.9 Å². The molecule has 1 heterocycles. The van der Waals surface area contributed by atoms with Crippen molar-refractivity contribution in [3.8, 4) is 0 Å². The molecule has 0 radical (unpaired) electrons. The molecule has 0 bridgehead atoms. The Labute approximate surface area is 208 Å². The number of rotatable bonds is 11. The summed E-state index contributed by atoms with van der Waals surface area (Å²) >= 11 is 12.5. The van der Waals surface area contributed by atoms with E-state index in [1.165, 1.54) is 0 Å². The minimum Gasteiger partial charge on any atom is -0.341 e. The molecular weight excluding hydrogens is 455 g/mol. The summed E-state index contributed by atoms with van der Waals surface area (Å²) in [6, 6.07) is 15.9. The minimum atomic E-state index is 0.0324. The number of hydrogen-bond acceptors (Lipinski definition) is 4. The number of likely N-dealkylation sites (tertiary alicyclic amines) is 1. The second-order valence-corrected chi connectivity index (χ2v) is 9.74. The Bertz CT molecular complexity index is 872. The topological polar surface area (TPSA) is 61.6 Å². The van der Waals surface area contributed by atoms with Crippen LogP contribution in [0.4, 0.5) is 0 Å². The van der Waals surface area contributed by atoms with Crippen molar-refractivity contribution in [2.45, 2.75) is 37.6 Å². The molecule has 3 rings (SSSR count). The van der Waals surface area contributed by atoms with Gasteiger partial charge in [-0.15, -0.1) is 0 Å². The molecule has 0 aromatic heterocycles. The monoisotopic (exact) mass is 490 g/mol. The zero-order chi connectivity index (χ0) is 23.6. The Morgan fingerprint density at radius 3 is 2.55 bits per heavy atom. The molecule has 180 valence electrons. The van der Waals surface area contributed by atoms with E-state index in [9.17, 15) is 4.79 Å². The molecule has 1 amide bonds. The van der Waals surface area contributed by atoms with E-state index in [4.69, 9.17) is 28.9 Å². The number of hydrogen-bond donors (Lipinski definition) is 2. The van der Waals surface area contributed by atoms with Gasteiger partial charge in [0.05, 0.1) is 10.0 Å². The number of halogens is 2. The van der Waals surface area contributed by atoms with Crippen molar-refractivity contribution in [2.24, 2.45) is 5.73 Å². The second kappa shape index (κ2) is 13.3. The molecule has 1 aliphatic heterocycles. The Morgan fingerprint density at radius 1 is 1.15 bits per heavy atom. The van der Waals surface area contributed by atoms with Gasteiger partial charge in [-0.25, -0.2) is 0 Å². The molecule has 7 heteroatoms. The number of nitrogens with two attached hydrogens (primary N) is 1. The number of amides is 1. The molecule has 0 unspecified atom stereocenters. The number of nitrogens with zero attached hydrogens (tertiary/aromatic N) is 2. The van der Waals surface area contributed by atoms with Crippen LogP contribution in [-0.2, 0) is 0 Å². The van der Waals surface area contributed by atoms with Gasteiger partial charge in [-0.05, 0) is 88.2 Å². The average molecular weight is 492 g/mol. The third kappa shape index (κ3) is 7.97. The molecule has 33 heavy (non-hydrogen) atoms. The molecule has 0 spiro atoms. The molecule has 1 saturated heterocycles. The van der Waals surface area contributed by atoms with Crippen LogP contribution in [0.5, 0.6) is 0 Å². The van der Waals surface area contributed by atoms with Crippen molar-refractivity contribution < 1.29 is 4.79 Å². The fourth-order valence-electron chi connectivity index (χ4n) is 4.45. The van der Waals surface area contributed by atoms with E-state index in [2.05, 4.69) is 10.2 Å². The lowest BCUT2D eigenvalue weighted by molar-refractivity contribution is 0.0781. The van der Waals surface area contributed by atoms with Gasteiger partial charge in [0.2, 0.25) is 0 Å². The van der Waals surface area contributed by atoms with E-state index in [0.717, 1.165) is 64.0 Å². The van der Waals surface area contributed by atoms with Crippen LogP contribution in [0.1, 0.15) is 47.5 Å².